The zero-order valence-electron chi connectivity index (χ0n) is 14.9. The summed E-state index contributed by atoms with van der Waals surface area (Å²) in [6.07, 6.45) is 7.88. The van der Waals surface area contributed by atoms with Crippen LogP contribution in [0.25, 0.3) is 5.57 Å². The summed E-state index contributed by atoms with van der Waals surface area (Å²) in [6.45, 7) is 5.73. The monoisotopic (exact) mass is 330 g/mol. The van der Waals surface area contributed by atoms with Gasteiger partial charge in [-0.1, -0.05) is 6.08 Å². The molecule has 0 aromatic carbocycles. The van der Waals surface area contributed by atoms with Crippen molar-refractivity contribution in [2.75, 3.05) is 7.11 Å². The molecular formula is C19H26N2O3. The molecule has 2 aliphatic rings. The number of hydrogen-bond acceptors (Lipinski definition) is 4. The van der Waals surface area contributed by atoms with E-state index in [1.54, 1.807) is 7.11 Å². The highest BCUT2D eigenvalue weighted by Crippen LogP contribution is 2.37. The Kier molecular flexibility index (Phi) is 4.52. The summed E-state index contributed by atoms with van der Waals surface area (Å²) in [5.41, 5.74) is 1.91. The highest BCUT2D eigenvalue weighted by molar-refractivity contribution is 5.74. The summed E-state index contributed by atoms with van der Waals surface area (Å²) in [4.78, 5) is 18.8. The fraction of sp³-hybridized carbons (Fsp3) is 0.579. The fourth-order valence-corrected chi connectivity index (χ4v) is 3.53. The lowest BCUT2D eigenvalue weighted by Gasteiger charge is -2.45. The number of rotatable bonds is 2. The third-order valence-corrected chi connectivity index (χ3v) is 4.56. The molecule has 0 aliphatic carbocycles. The highest BCUT2D eigenvalue weighted by Gasteiger charge is 2.39. The first kappa shape index (κ1) is 16.8. The molecule has 5 nitrogen and oxygen atoms in total. The van der Waals surface area contributed by atoms with E-state index in [0.29, 0.717) is 5.88 Å². The lowest BCUT2D eigenvalue weighted by atomic mass is 9.83. The number of hydrogen-bond donors (Lipinski definition) is 0. The largest absolute Gasteiger partial charge is 0.481 e. The van der Waals surface area contributed by atoms with Crippen molar-refractivity contribution in [3.05, 3.63) is 30.0 Å². The van der Waals surface area contributed by atoms with Crippen LogP contribution < -0.4 is 4.74 Å². The summed E-state index contributed by atoms with van der Waals surface area (Å²) in [5.74, 6) is 0.616. The Balaban J connectivity index is 1.82. The fourth-order valence-electron chi connectivity index (χ4n) is 3.53. The lowest BCUT2D eigenvalue weighted by Crippen LogP contribution is -2.53. The van der Waals surface area contributed by atoms with Gasteiger partial charge >= 0.3 is 6.09 Å². The standard InChI is InChI=1S/C19H26N2O3/c1-19(2,3)24-18(22)21-15-6-5-7-16(21)11-14(10-15)13-8-9-17(23-4)20-12-13/h8-10,12,15-16H,5-7,11H2,1-4H3. The zero-order valence-corrected chi connectivity index (χ0v) is 14.9. The molecule has 1 aromatic rings. The first-order chi connectivity index (χ1) is 11.4. The van der Waals surface area contributed by atoms with Crippen LogP contribution in [0.15, 0.2) is 24.4 Å². The molecule has 2 bridgehead atoms. The number of carbonyl (C=O) groups is 1. The van der Waals surface area contributed by atoms with Gasteiger partial charge in [-0.3, -0.25) is 4.90 Å². The average molecular weight is 330 g/mol. The van der Waals surface area contributed by atoms with E-state index in [0.717, 1.165) is 31.2 Å². The second kappa shape index (κ2) is 6.46. The van der Waals surface area contributed by atoms with Crippen molar-refractivity contribution in [1.82, 2.24) is 9.88 Å². The normalized spacial score (nSPS) is 23.5. The van der Waals surface area contributed by atoms with Gasteiger partial charge in [-0.15, -0.1) is 0 Å². The second-order valence-corrected chi connectivity index (χ2v) is 7.52. The quantitative estimate of drug-likeness (QED) is 0.821. The van der Waals surface area contributed by atoms with Crippen molar-refractivity contribution < 1.29 is 14.3 Å². The van der Waals surface area contributed by atoms with Crippen LogP contribution in [0.1, 0.15) is 52.0 Å². The van der Waals surface area contributed by atoms with E-state index in [1.165, 1.54) is 5.57 Å². The van der Waals surface area contributed by atoms with E-state index in [-0.39, 0.29) is 18.2 Å². The van der Waals surface area contributed by atoms with Crippen LogP contribution in [0.4, 0.5) is 4.79 Å². The smallest absolute Gasteiger partial charge is 0.411 e. The molecule has 2 unspecified atom stereocenters. The number of amides is 1. The Morgan fingerprint density at radius 3 is 2.67 bits per heavy atom. The van der Waals surface area contributed by atoms with Gasteiger partial charge in [-0.2, -0.15) is 0 Å². The Labute approximate surface area is 143 Å². The topological polar surface area (TPSA) is 51.7 Å². The van der Waals surface area contributed by atoms with Crippen LogP contribution >= 0.6 is 0 Å². The van der Waals surface area contributed by atoms with E-state index < -0.39 is 5.60 Å². The van der Waals surface area contributed by atoms with Gasteiger partial charge in [0.25, 0.3) is 0 Å². The molecule has 3 rings (SSSR count). The van der Waals surface area contributed by atoms with Gasteiger partial charge in [0.1, 0.15) is 5.60 Å². The minimum Gasteiger partial charge on any atom is -0.481 e. The molecule has 24 heavy (non-hydrogen) atoms. The second-order valence-electron chi connectivity index (χ2n) is 7.52. The van der Waals surface area contributed by atoms with Crippen LogP contribution in [0.2, 0.25) is 0 Å². The van der Waals surface area contributed by atoms with Gasteiger partial charge in [-0.25, -0.2) is 9.78 Å². The average Bonchev–Trinajstić information content (AvgIpc) is 2.52. The molecule has 1 fully saturated rings. The van der Waals surface area contributed by atoms with Gasteiger partial charge in [0.2, 0.25) is 5.88 Å². The van der Waals surface area contributed by atoms with Gasteiger partial charge in [0.15, 0.2) is 0 Å². The Morgan fingerprint density at radius 1 is 1.29 bits per heavy atom. The van der Waals surface area contributed by atoms with Gasteiger partial charge < -0.3 is 9.47 Å². The van der Waals surface area contributed by atoms with Crippen LogP contribution in [0.5, 0.6) is 5.88 Å². The van der Waals surface area contributed by atoms with Crippen molar-refractivity contribution in [2.24, 2.45) is 0 Å². The molecule has 2 aliphatic heterocycles. The van der Waals surface area contributed by atoms with Crippen molar-refractivity contribution in [3.8, 4) is 5.88 Å². The minimum absolute atomic E-state index is 0.115. The first-order valence-corrected chi connectivity index (χ1v) is 8.60. The number of methoxy groups -OCH3 is 1. The Bertz CT molecular complexity index is 631. The number of aromatic nitrogens is 1. The maximum absolute atomic E-state index is 12.6. The summed E-state index contributed by atoms with van der Waals surface area (Å²) in [7, 11) is 1.62. The molecule has 0 saturated carbocycles. The summed E-state index contributed by atoms with van der Waals surface area (Å²) in [5, 5.41) is 0. The molecule has 1 amide bonds. The number of carbonyl (C=O) groups excluding carboxylic acids is 1. The van der Waals surface area contributed by atoms with Gasteiger partial charge in [0, 0.05) is 18.3 Å². The third-order valence-electron chi connectivity index (χ3n) is 4.56. The minimum atomic E-state index is -0.463. The van der Waals surface area contributed by atoms with Crippen molar-refractivity contribution >= 4 is 11.7 Å². The van der Waals surface area contributed by atoms with E-state index in [4.69, 9.17) is 9.47 Å². The number of ether oxygens (including phenoxy) is 2. The molecule has 0 radical (unpaired) electrons. The summed E-state index contributed by atoms with van der Waals surface area (Å²) in [6, 6.07) is 4.24. The number of fused-ring (bicyclic) bond motifs is 2. The van der Waals surface area contributed by atoms with Gasteiger partial charge in [-0.05, 0) is 63.7 Å². The molecule has 1 aromatic heterocycles. The summed E-state index contributed by atoms with van der Waals surface area (Å²) < 4.78 is 10.7. The molecule has 130 valence electrons. The number of nitrogens with zero attached hydrogens (tertiary/aromatic N) is 2. The number of piperidine rings is 1. The molecule has 3 heterocycles. The highest BCUT2D eigenvalue weighted by atomic mass is 16.6. The molecule has 1 saturated heterocycles. The van der Waals surface area contributed by atoms with E-state index in [1.807, 2.05) is 44.0 Å². The van der Waals surface area contributed by atoms with Crippen LogP contribution in [0.3, 0.4) is 0 Å². The Hall–Kier alpha value is -2.04. The summed E-state index contributed by atoms with van der Waals surface area (Å²) >= 11 is 0. The van der Waals surface area contributed by atoms with E-state index in [9.17, 15) is 4.79 Å². The molecule has 0 N–H and O–H groups in total. The molecule has 2 atom stereocenters. The maximum Gasteiger partial charge on any atom is 0.411 e. The van der Waals surface area contributed by atoms with Gasteiger partial charge in [0.05, 0.1) is 13.2 Å². The van der Waals surface area contributed by atoms with Crippen molar-refractivity contribution in [2.45, 2.75) is 64.1 Å². The predicted molar refractivity (Wildman–Crippen MR) is 92.9 cm³/mol. The van der Waals surface area contributed by atoms with Crippen molar-refractivity contribution in [3.63, 3.8) is 0 Å². The third kappa shape index (κ3) is 3.55. The zero-order chi connectivity index (χ0) is 17.3. The molecule has 0 spiro atoms. The van der Waals surface area contributed by atoms with E-state index >= 15 is 0 Å². The van der Waals surface area contributed by atoms with Crippen molar-refractivity contribution in [1.29, 1.82) is 0 Å². The maximum atomic E-state index is 12.6. The van der Waals surface area contributed by atoms with Crippen LogP contribution in [-0.4, -0.2) is 40.8 Å². The van der Waals surface area contributed by atoms with Crippen LogP contribution in [-0.2, 0) is 4.74 Å². The Morgan fingerprint density at radius 2 is 2.08 bits per heavy atom. The number of pyridine rings is 1. The predicted octanol–water partition coefficient (Wildman–Crippen LogP) is 4.04. The van der Waals surface area contributed by atoms with Crippen LogP contribution in [0, 0.1) is 0 Å². The van der Waals surface area contributed by atoms with E-state index in [2.05, 4.69) is 11.1 Å². The molecular weight excluding hydrogens is 304 g/mol. The first-order valence-electron chi connectivity index (χ1n) is 8.60. The lowest BCUT2D eigenvalue weighted by molar-refractivity contribution is 0.0000857. The SMILES string of the molecule is COc1ccc(C2=CC3CCCC(C2)N3C(=O)OC(C)(C)C)cn1. The molecule has 5 heteroatoms.